The highest BCUT2D eigenvalue weighted by atomic mass is 19.3. The third-order valence-electron chi connectivity index (χ3n) is 4.59. The number of carbonyl (C=O) groups is 1. The number of methoxy groups -OCH3 is 1. The second-order valence-corrected chi connectivity index (χ2v) is 6.39. The van der Waals surface area contributed by atoms with Gasteiger partial charge in [0.2, 0.25) is 0 Å². The van der Waals surface area contributed by atoms with Crippen molar-refractivity contribution >= 4 is 5.91 Å². The SMILES string of the molecule is COc1ccc(-c2cc3c(cc2OCc2ccn(C(F)F)n2)CNC3=O)c(F)c1. The maximum atomic E-state index is 14.7. The molecule has 1 amide bonds. The van der Waals surface area contributed by atoms with Crippen LogP contribution in [0.25, 0.3) is 11.1 Å². The molecule has 2 heterocycles. The van der Waals surface area contributed by atoms with Crippen molar-refractivity contribution in [3.8, 4) is 22.6 Å². The Labute approximate surface area is 163 Å². The number of fused-ring (bicyclic) bond motifs is 1. The number of rotatable bonds is 6. The first-order valence-corrected chi connectivity index (χ1v) is 8.70. The molecule has 0 aliphatic carbocycles. The Hall–Kier alpha value is -3.49. The molecule has 0 unspecified atom stereocenters. The van der Waals surface area contributed by atoms with Gasteiger partial charge in [0.25, 0.3) is 5.91 Å². The number of hydrogen-bond donors (Lipinski definition) is 1. The lowest BCUT2D eigenvalue weighted by Crippen LogP contribution is -2.12. The number of nitrogens with zero attached hydrogens (tertiary/aromatic N) is 2. The smallest absolute Gasteiger partial charge is 0.333 e. The Morgan fingerprint density at radius 3 is 2.69 bits per heavy atom. The Kier molecular flexibility index (Phi) is 4.87. The topological polar surface area (TPSA) is 65.4 Å². The van der Waals surface area contributed by atoms with E-state index < -0.39 is 12.4 Å². The number of halogens is 3. The van der Waals surface area contributed by atoms with Gasteiger partial charge in [0.15, 0.2) is 0 Å². The van der Waals surface area contributed by atoms with Gasteiger partial charge < -0.3 is 14.8 Å². The molecule has 1 aliphatic heterocycles. The van der Waals surface area contributed by atoms with Gasteiger partial charge in [0.1, 0.15) is 29.6 Å². The van der Waals surface area contributed by atoms with E-state index in [2.05, 4.69) is 10.4 Å². The highest BCUT2D eigenvalue weighted by molar-refractivity contribution is 6.00. The van der Waals surface area contributed by atoms with Crippen molar-refractivity contribution in [3.05, 3.63) is 65.2 Å². The van der Waals surface area contributed by atoms with E-state index in [1.54, 1.807) is 18.2 Å². The number of nitrogens with one attached hydrogen (secondary N) is 1. The summed E-state index contributed by atoms with van der Waals surface area (Å²) >= 11 is 0. The normalized spacial score (nSPS) is 12.8. The summed E-state index contributed by atoms with van der Waals surface area (Å²) in [7, 11) is 1.43. The van der Waals surface area contributed by atoms with Crippen LogP contribution in [0, 0.1) is 5.82 Å². The van der Waals surface area contributed by atoms with Crippen molar-refractivity contribution in [3.63, 3.8) is 0 Å². The fourth-order valence-electron chi connectivity index (χ4n) is 3.14. The Balaban J connectivity index is 1.71. The molecule has 0 saturated heterocycles. The number of amides is 1. The van der Waals surface area contributed by atoms with E-state index in [1.165, 1.54) is 25.3 Å². The first-order chi connectivity index (χ1) is 14.0. The lowest BCUT2D eigenvalue weighted by Gasteiger charge is -2.14. The lowest BCUT2D eigenvalue weighted by molar-refractivity contribution is 0.0557. The number of alkyl halides is 2. The van der Waals surface area contributed by atoms with E-state index in [-0.39, 0.29) is 18.1 Å². The van der Waals surface area contributed by atoms with Crippen molar-refractivity contribution in [2.45, 2.75) is 19.7 Å². The highest BCUT2D eigenvalue weighted by Gasteiger charge is 2.24. The van der Waals surface area contributed by atoms with Crippen LogP contribution >= 0.6 is 0 Å². The van der Waals surface area contributed by atoms with Crippen LogP contribution in [0.15, 0.2) is 42.6 Å². The number of benzene rings is 2. The van der Waals surface area contributed by atoms with Gasteiger partial charge in [-0.2, -0.15) is 13.9 Å². The zero-order valence-electron chi connectivity index (χ0n) is 15.3. The van der Waals surface area contributed by atoms with Gasteiger partial charge in [-0.05, 0) is 35.9 Å². The first-order valence-electron chi connectivity index (χ1n) is 8.70. The molecule has 0 bridgehead atoms. The van der Waals surface area contributed by atoms with Gasteiger partial charge in [-0.15, -0.1) is 0 Å². The molecule has 29 heavy (non-hydrogen) atoms. The molecule has 1 aromatic heterocycles. The molecule has 0 radical (unpaired) electrons. The minimum atomic E-state index is -2.75. The highest BCUT2D eigenvalue weighted by Crippen LogP contribution is 2.37. The summed E-state index contributed by atoms with van der Waals surface area (Å²) in [4.78, 5) is 12.0. The maximum absolute atomic E-state index is 14.7. The Bertz CT molecular complexity index is 1080. The molecular weight excluding hydrogens is 387 g/mol. The Morgan fingerprint density at radius 1 is 1.17 bits per heavy atom. The molecule has 0 fully saturated rings. The molecule has 0 spiro atoms. The zero-order chi connectivity index (χ0) is 20.5. The first kappa shape index (κ1) is 18.9. The summed E-state index contributed by atoms with van der Waals surface area (Å²) in [6.07, 6.45) is 1.15. The third kappa shape index (κ3) is 3.63. The van der Waals surface area contributed by atoms with Crippen molar-refractivity contribution < 1.29 is 27.4 Å². The van der Waals surface area contributed by atoms with Gasteiger partial charge in [-0.25, -0.2) is 9.07 Å². The molecule has 2 aromatic carbocycles. The van der Waals surface area contributed by atoms with E-state index in [0.717, 1.165) is 6.20 Å². The average molecular weight is 403 g/mol. The number of carbonyl (C=O) groups excluding carboxylic acids is 1. The molecule has 4 rings (SSSR count). The van der Waals surface area contributed by atoms with Gasteiger partial charge in [0.05, 0.1) is 7.11 Å². The number of hydrogen-bond acceptors (Lipinski definition) is 4. The average Bonchev–Trinajstić information content (AvgIpc) is 3.33. The zero-order valence-corrected chi connectivity index (χ0v) is 15.3. The van der Waals surface area contributed by atoms with Crippen molar-refractivity contribution in [2.24, 2.45) is 0 Å². The van der Waals surface area contributed by atoms with Crippen LogP contribution in [0.2, 0.25) is 0 Å². The number of ether oxygens (including phenoxy) is 2. The van der Waals surface area contributed by atoms with Crippen LogP contribution < -0.4 is 14.8 Å². The lowest BCUT2D eigenvalue weighted by atomic mass is 9.98. The fraction of sp³-hybridized carbons (Fsp3) is 0.200. The van der Waals surface area contributed by atoms with Crippen LogP contribution in [0.5, 0.6) is 11.5 Å². The van der Waals surface area contributed by atoms with Gasteiger partial charge in [0, 0.05) is 35.5 Å². The molecule has 1 aliphatic rings. The van der Waals surface area contributed by atoms with Gasteiger partial charge in [-0.1, -0.05) is 0 Å². The molecule has 3 aromatic rings. The second-order valence-electron chi connectivity index (χ2n) is 6.39. The largest absolute Gasteiger partial charge is 0.497 e. The standard InChI is InChI=1S/C20H16F3N3O3/c1-28-13-2-3-14(17(21)7-13)16-8-15-11(9-24-19(15)27)6-18(16)29-10-12-4-5-26(25-12)20(22)23/h2-8,20H,9-10H2,1H3,(H,24,27). The summed E-state index contributed by atoms with van der Waals surface area (Å²) in [6, 6.07) is 8.99. The second kappa shape index (κ2) is 7.50. The molecule has 1 N–H and O–H groups in total. The number of aromatic nitrogens is 2. The predicted molar refractivity (Wildman–Crippen MR) is 97.4 cm³/mol. The van der Waals surface area contributed by atoms with E-state index in [0.29, 0.717) is 45.1 Å². The van der Waals surface area contributed by atoms with Crippen molar-refractivity contribution in [2.75, 3.05) is 7.11 Å². The molecule has 0 atom stereocenters. The molecule has 0 saturated carbocycles. The maximum Gasteiger partial charge on any atom is 0.333 e. The van der Waals surface area contributed by atoms with Crippen LogP contribution in [0.1, 0.15) is 28.2 Å². The Morgan fingerprint density at radius 2 is 2.00 bits per heavy atom. The van der Waals surface area contributed by atoms with Crippen LogP contribution in [0.4, 0.5) is 13.2 Å². The molecule has 9 heteroatoms. The quantitative estimate of drug-likeness (QED) is 0.678. The van der Waals surface area contributed by atoms with Crippen LogP contribution in [-0.4, -0.2) is 22.8 Å². The van der Waals surface area contributed by atoms with Crippen LogP contribution in [-0.2, 0) is 13.2 Å². The monoisotopic (exact) mass is 403 g/mol. The van der Waals surface area contributed by atoms with Crippen molar-refractivity contribution in [1.82, 2.24) is 15.1 Å². The predicted octanol–water partition coefficient (Wildman–Crippen LogP) is 3.92. The minimum Gasteiger partial charge on any atom is -0.497 e. The summed E-state index contributed by atoms with van der Waals surface area (Å²) in [5.41, 5.74) is 2.03. The third-order valence-corrected chi connectivity index (χ3v) is 4.59. The van der Waals surface area contributed by atoms with Gasteiger partial charge >= 0.3 is 6.55 Å². The van der Waals surface area contributed by atoms with E-state index in [9.17, 15) is 18.0 Å². The van der Waals surface area contributed by atoms with E-state index in [1.807, 2.05) is 0 Å². The minimum absolute atomic E-state index is 0.0926. The molecular formula is C20H16F3N3O3. The fourth-order valence-corrected chi connectivity index (χ4v) is 3.14. The summed E-state index contributed by atoms with van der Waals surface area (Å²) < 4.78 is 51.4. The van der Waals surface area contributed by atoms with E-state index >= 15 is 0 Å². The summed E-state index contributed by atoms with van der Waals surface area (Å²) in [5.74, 6) is -0.131. The van der Waals surface area contributed by atoms with Crippen LogP contribution in [0.3, 0.4) is 0 Å². The van der Waals surface area contributed by atoms with E-state index in [4.69, 9.17) is 9.47 Å². The van der Waals surface area contributed by atoms with Crippen molar-refractivity contribution in [1.29, 1.82) is 0 Å². The molecule has 6 nitrogen and oxygen atoms in total. The van der Waals surface area contributed by atoms with Gasteiger partial charge in [-0.3, -0.25) is 4.79 Å². The molecule has 150 valence electrons. The summed E-state index contributed by atoms with van der Waals surface area (Å²) in [5, 5.41) is 6.44. The summed E-state index contributed by atoms with van der Waals surface area (Å²) in [6.45, 7) is -2.51.